The van der Waals surface area contributed by atoms with Crippen LogP contribution in [0.15, 0.2) is 129 Å². The molecule has 0 N–H and O–H groups in total. The van der Waals surface area contributed by atoms with Gasteiger partial charge < -0.3 is 0 Å². The molecule has 4 aromatic carbocycles. The summed E-state index contributed by atoms with van der Waals surface area (Å²) in [5, 5.41) is 10.9. The highest BCUT2D eigenvalue weighted by Gasteiger charge is 2.26. The van der Waals surface area contributed by atoms with Crippen LogP contribution in [0.5, 0.6) is 0 Å². The van der Waals surface area contributed by atoms with Crippen LogP contribution in [0.2, 0.25) is 0 Å². The summed E-state index contributed by atoms with van der Waals surface area (Å²) in [5.41, 5.74) is 1.22. The summed E-state index contributed by atoms with van der Waals surface area (Å²) >= 11 is 1.75. The van der Waals surface area contributed by atoms with E-state index in [4.69, 9.17) is 0 Å². The molecule has 0 aliphatic rings. The molecule has 0 saturated carbocycles. The van der Waals surface area contributed by atoms with Gasteiger partial charge in [-0.05, 0) is 60.7 Å². The average molecular weight is 431 g/mol. The molecular formula is C25H20NO2S2+. The monoisotopic (exact) mass is 430 g/mol. The van der Waals surface area contributed by atoms with Gasteiger partial charge in [-0.15, -0.1) is 0 Å². The number of nitro benzene ring substituents is 1. The fourth-order valence-corrected chi connectivity index (χ4v) is 5.98. The normalized spacial score (nSPS) is 11.7. The lowest BCUT2D eigenvalue weighted by atomic mass is 10.2. The van der Waals surface area contributed by atoms with Gasteiger partial charge in [0.05, 0.1) is 15.8 Å². The highest BCUT2D eigenvalue weighted by Crippen LogP contribution is 2.32. The van der Waals surface area contributed by atoms with E-state index in [0.717, 1.165) is 11.3 Å². The van der Waals surface area contributed by atoms with E-state index in [0.29, 0.717) is 0 Å². The topological polar surface area (TPSA) is 43.1 Å². The van der Waals surface area contributed by atoms with Crippen LogP contribution in [-0.4, -0.2) is 4.92 Å². The Morgan fingerprint density at radius 1 is 0.667 bits per heavy atom. The third-order valence-electron chi connectivity index (χ3n) is 4.57. The maximum absolute atomic E-state index is 10.9. The van der Waals surface area contributed by atoms with Gasteiger partial charge in [-0.25, -0.2) is 0 Å². The first-order chi connectivity index (χ1) is 14.7. The fraction of sp³-hybridized carbons (Fsp3) is 0.0400. The van der Waals surface area contributed by atoms with Crippen molar-refractivity contribution in [3.63, 3.8) is 0 Å². The van der Waals surface area contributed by atoms with Gasteiger partial charge in [0.25, 0.3) is 5.69 Å². The molecule has 1 atom stereocenters. The Balaban J connectivity index is 1.59. The summed E-state index contributed by atoms with van der Waals surface area (Å²) in [6.07, 6.45) is 0. The molecule has 0 saturated heterocycles. The van der Waals surface area contributed by atoms with Crippen molar-refractivity contribution in [2.45, 2.75) is 25.3 Å². The first-order valence-electron chi connectivity index (χ1n) is 9.51. The van der Waals surface area contributed by atoms with E-state index in [-0.39, 0.29) is 21.5 Å². The number of hydrogen-bond donors (Lipinski definition) is 0. The molecule has 30 heavy (non-hydrogen) atoms. The molecular weight excluding hydrogens is 410 g/mol. The summed E-state index contributed by atoms with van der Waals surface area (Å²) in [7, 11) is -0.153. The molecule has 3 nitrogen and oxygen atoms in total. The molecule has 0 aliphatic heterocycles. The number of nitro groups is 1. The lowest BCUT2D eigenvalue weighted by Gasteiger charge is -2.09. The second kappa shape index (κ2) is 9.65. The fourth-order valence-electron chi connectivity index (χ4n) is 3.06. The van der Waals surface area contributed by atoms with Crippen molar-refractivity contribution >= 4 is 28.3 Å². The van der Waals surface area contributed by atoms with Crippen LogP contribution in [-0.2, 0) is 16.6 Å². The molecule has 1 unspecified atom stereocenters. The number of hydrogen-bond acceptors (Lipinski definition) is 3. The highest BCUT2D eigenvalue weighted by atomic mass is 32.2. The van der Waals surface area contributed by atoms with Gasteiger partial charge in [0.15, 0.2) is 9.79 Å². The zero-order chi connectivity index (χ0) is 20.8. The SMILES string of the molecule is O=[N+]([O-])c1ccc(C[S+](c2ccccc2)c2ccc(Sc3ccccc3)cc2)cc1. The zero-order valence-corrected chi connectivity index (χ0v) is 17.8. The van der Waals surface area contributed by atoms with Crippen LogP contribution in [0.4, 0.5) is 5.69 Å². The van der Waals surface area contributed by atoms with Crippen LogP contribution in [0, 0.1) is 10.1 Å². The highest BCUT2D eigenvalue weighted by molar-refractivity contribution is 7.99. The summed E-state index contributed by atoms with van der Waals surface area (Å²) in [6.45, 7) is 0. The van der Waals surface area contributed by atoms with Gasteiger partial charge in [-0.3, -0.25) is 10.1 Å². The lowest BCUT2D eigenvalue weighted by Crippen LogP contribution is -2.07. The minimum absolute atomic E-state index is 0.126. The van der Waals surface area contributed by atoms with Crippen molar-refractivity contribution in [1.29, 1.82) is 0 Å². The average Bonchev–Trinajstić information content (AvgIpc) is 2.80. The van der Waals surface area contributed by atoms with Crippen LogP contribution in [0.1, 0.15) is 5.56 Å². The van der Waals surface area contributed by atoms with Crippen LogP contribution >= 0.6 is 11.8 Å². The third-order valence-corrected chi connectivity index (χ3v) is 7.89. The number of rotatable bonds is 7. The molecule has 0 aliphatic carbocycles. The van der Waals surface area contributed by atoms with Crippen LogP contribution in [0.25, 0.3) is 0 Å². The molecule has 0 fully saturated rings. The molecule has 5 heteroatoms. The summed E-state index contributed by atoms with van der Waals surface area (Å²) in [4.78, 5) is 15.5. The third kappa shape index (κ3) is 5.12. The van der Waals surface area contributed by atoms with Crippen molar-refractivity contribution in [2.75, 3.05) is 0 Å². The maximum Gasteiger partial charge on any atom is 0.269 e. The molecule has 0 aromatic heterocycles. The summed E-state index contributed by atoms with van der Waals surface area (Å²) < 4.78 is 0. The van der Waals surface area contributed by atoms with Crippen molar-refractivity contribution in [3.8, 4) is 0 Å². The molecule has 148 valence electrons. The second-order valence-corrected chi connectivity index (χ2v) is 9.82. The molecule has 4 rings (SSSR count). The Morgan fingerprint density at radius 3 is 1.80 bits per heavy atom. The number of benzene rings is 4. The van der Waals surface area contributed by atoms with Crippen molar-refractivity contribution in [3.05, 3.63) is 125 Å². The van der Waals surface area contributed by atoms with E-state index >= 15 is 0 Å². The van der Waals surface area contributed by atoms with Crippen LogP contribution < -0.4 is 0 Å². The van der Waals surface area contributed by atoms with E-state index < -0.39 is 0 Å². The Labute approximate surface area is 183 Å². The van der Waals surface area contributed by atoms with Gasteiger partial charge in [-0.2, -0.15) is 0 Å². The molecule has 0 bridgehead atoms. The maximum atomic E-state index is 10.9. The molecule has 4 aromatic rings. The van der Waals surface area contributed by atoms with E-state index in [2.05, 4.69) is 60.7 Å². The van der Waals surface area contributed by atoms with E-state index in [1.807, 2.05) is 36.4 Å². The quantitative estimate of drug-likeness (QED) is 0.180. The Morgan fingerprint density at radius 2 is 1.20 bits per heavy atom. The second-order valence-electron chi connectivity index (χ2n) is 6.66. The van der Waals surface area contributed by atoms with E-state index in [1.54, 1.807) is 23.9 Å². The van der Waals surface area contributed by atoms with Gasteiger partial charge >= 0.3 is 0 Å². The Kier molecular flexibility index (Phi) is 6.52. The smallest absolute Gasteiger partial charge is 0.258 e. The predicted molar refractivity (Wildman–Crippen MR) is 124 cm³/mol. The van der Waals surface area contributed by atoms with E-state index in [1.165, 1.54) is 19.6 Å². The van der Waals surface area contributed by atoms with Crippen molar-refractivity contribution < 1.29 is 4.92 Å². The molecule has 0 heterocycles. The van der Waals surface area contributed by atoms with Gasteiger partial charge in [-0.1, -0.05) is 48.2 Å². The zero-order valence-electron chi connectivity index (χ0n) is 16.2. The first-order valence-corrected chi connectivity index (χ1v) is 11.7. The van der Waals surface area contributed by atoms with Gasteiger partial charge in [0.2, 0.25) is 0 Å². The van der Waals surface area contributed by atoms with Crippen molar-refractivity contribution in [1.82, 2.24) is 0 Å². The lowest BCUT2D eigenvalue weighted by molar-refractivity contribution is -0.384. The van der Waals surface area contributed by atoms with E-state index in [9.17, 15) is 10.1 Å². The minimum Gasteiger partial charge on any atom is -0.258 e. The Bertz CT molecular complexity index is 1100. The summed E-state index contributed by atoms with van der Waals surface area (Å²) in [5.74, 6) is 0.813. The molecule has 0 radical (unpaired) electrons. The van der Waals surface area contributed by atoms with Crippen molar-refractivity contribution in [2.24, 2.45) is 0 Å². The van der Waals surface area contributed by atoms with Gasteiger partial charge in [0, 0.05) is 27.5 Å². The number of non-ortho nitro benzene ring substituents is 1. The number of nitrogens with zero attached hydrogens (tertiary/aromatic N) is 1. The molecule has 0 spiro atoms. The van der Waals surface area contributed by atoms with Gasteiger partial charge in [0.1, 0.15) is 5.75 Å². The standard InChI is InChI=1S/C25H20NO2S2/c27-26(28)21-13-11-20(12-14-21)19-30(24-9-5-2-6-10-24)25-17-15-23(16-18-25)29-22-7-3-1-4-8-22/h1-18H,19H2/q+1. The largest absolute Gasteiger partial charge is 0.269 e. The first kappa shape index (κ1) is 20.3. The Hall–Kier alpha value is -3.02. The van der Waals surface area contributed by atoms with Crippen LogP contribution in [0.3, 0.4) is 0 Å². The summed E-state index contributed by atoms with van der Waals surface area (Å²) in [6, 6.07) is 36.4. The predicted octanol–water partition coefficient (Wildman–Crippen LogP) is 6.98. The minimum atomic E-state index is -0.357. The molecule has 0 amide bonds.